The lowest BCUT2D eigenvalue weighted by molar-refractivity contribution is -0.149. The van der Waals surface area contributed by atoms with Crippen molar-refractivity contribution in [1.82, 2.24) is 24.6 Å². The second-order valence-electron chi connectivity index (χ2n) is 21.0. The number of hydrogen-bond donors (Lipinski definition) is 1. The fourth-order valence-electron chi connectivity index (χ4n) is 9.66. The number of pyridine rings is 1. The maximum Gasteiger partial charge on any atom is 0.410 e. The number of likely N-dealkylation sites (tertiary alicyclic amines) is 1. The van der Waals surface area contributed by atoms with Gasteiger partial charge in [0, 0.05) is 90.9 Å². The van der Waals surface area contributed by atoms with Crippen molar-refractivity contribution in [3.63, 3.8) is 0 Å². The average molecular weight is 1030 g/mol. The molecule has 0 unspecified atom stereocenters. The number of ketones is 2. The van der Waals surface area contributed by atoms with Crippen LogP contribution in [-0.4, -0.2) is 156 Å². The first-order chi connectivity index (χ1) is 33.3. The number of aromatic nitrogens is 1. The van der Waals surface area contributed by atoms with Crippen molar-refractivity contribution in [1.29, 1.82) is 0 Å². The average Bonchev–Trinajstić information content (AvgIpc) is 3.83. The highest BCUT2D eigenvalue weighted by molar-refractivity contribution is 8.77. The predicted octanol–water partition coefficient (Wildman–Crippen LogP) is 8.88. The van der Waals surface area contributed by atoms with E-state index in [-0.39, 0.29) is 84.9 Å². The second kappa shape index (κ2) is 28.4. The fraction of sp³-hybridized carbons (Fsp3) is 0.685. The van der Waals surface area contributed by atoms with E-state index in [1.807, 2.05) is 99.6 Å². The zero-order chi connectivity index (χ0) is 53.5. The number of carbonyl (C=O) groups is 6. The minimum Gasteiger partial charge on any atom is -0.448 e. The Kier molecular flexibility index (Phi) is 24.5. The molecular weight excluding hydrogens is 943 g/mol. The first-order valence-electron chi connectivity index (χ1n) is 25.1. The second-order valence-corrected chi connectivity index (χ2v) is 23.8. The van der Waals surface area contributed by atoms with Crippen molar-refractivity contribution in [2.24, 2.45) is 35.5 Å². The smallest absolute Gasteiger partial charge is 0.410 e. The van der Waals surface area contributed by atoms with E-state index in [0.717, 1.165) is 16.9 Å². The third kappa shape index (κ3) is 16.7. The van der Waals surface area contributed by atoms with Gasteiger partial charge in [-0.05, 0) is 62.0 Å². The van der Waals surface area contributed by atoms with Gasteiger partial charge < -0.3 is 38.9 Å². The summed E-state index contributed by atoms with van der Waals surface area (Å²) in [4.78, 5) is 94.8. The number of ether oxygens (including phenoxy) is 3. The zero-order valence-corrected chi connectivity index (χ0v) is 47.0. The van der Waals surface area contributed by atoms with Gasteiger partial charge in [0.25, 0.3) is 5.91 Å². The van der Waals surface area contributed by atoms with Gasteiger partial charge >= 0.3 is 6.09 Å². The van der Waals surface area contributed by atoms with Crippen LogP contribution in [-0.2, 0) is 33.4 Å². The van der Waals surface area contributed by atoms with E-state index >= 15 is 0 Å². The highest BCUT2D eigenvalue weighted by atomic mass is 33.1. The van der Waals surface area contributed by atoms with Crippen molar-refractivity contribution >= 4 is 57.0 Å². The summed E-state index contributed by atoms with van der Waals surface area (Å²) in [6.07, 6.45) is 2.57. The van der Waals surface area contributed by atoms with Gasteiger partial charge in [0.15, 0.2) is 5.78 Å². The lowest BCUT2D eigenvalue weighted by Gasteiger charge is -2.41. The van der Waals surface area contributed by atoms with Crippen LogP contribution in [0, 0.1) is 35.5 Å². The molecule has 4 amide bonds. The number of nitrogens with zero attached hydrogens (tertiary/aromatic N) is 5. The molecule has 0 bridgehead atoms. The van der Waals surface area contributed by atoms with Crippen LogP contribution >= 0.6 is 21.6 Å². The van der Waals surface area contributed by atoms with Gasteiger partial charge in [-0.25, -0.2) is 4.79 Å². The van der Waals surface area contributed by atoms with Crippen molar-refractivity contribution < 1.29 is 48.1 Å². The molecule has 0 saturated carbocycles. The molecule has 2 heterocycles. The topological polar surface area (TPSA) is 176 Å². The van der Waals surface area contributed by atoms with Gasteiger partial charge in [0.1, 0.15) is 12.4 Å². The summed E-state index contributed by atoms with van der Waals surface area (Å²) in [7, 11) is 12.6. The lowest BCUT2D eigenvalue weighted by atomic mass is 9.83. The molecule has 15 nitrogen and oxygen atoms in total. The maximum atomic E-state index is 14.8. The molecule has 1 aliphatic heterocycles. The lowest BCUT2D eigenvalue weighted by Crippen LogP contribution is -2.54. The third-order valence-corrected chi connectivity index (χ3v) is 17.4. The molecule has 0 spiro atoms. The van der Waals surface area contributed by atoms with Crippen LogP contribution in [0.25, 0.3) is 0 Å². The van der Waals surface area contributed by atoms with Crippen LogP contribution in [0.4, 0.5) is 4.79 Å². The highest BCUT2D eigenvalue weighted by Crippen LogP contribution is 2.42. The summed E-state index contributed by atoms with van der Waals surface area (Å²) in [5.74, 6) is -3.10. The van der Waals surface area contributed by atoms with Crippen LogP contribution in [0.5, 0.6) is 0 Å². The highest BCUT2D eigenvalue weighted by Gasteiger charge is 2.44. The predicted molar refractivity (Wildman–Crippen MR) is 282 cm³/mol. The minimum atomic E-state index is -0.871. The Morgan fingerprint density at radius 1 is 0.845 bits per heavy atom. The van der Waals surface area contributed by atoms with E-state index in [9.17, 15) is 33.9 Å². The summed E-state index contributed by atoms with van der Waals surface area (Å²) in [5.41, 5.74) is 1.23. The standard InChI is InChI=1S/C54H85N5O10S2/c1-17-35(6)48(44(67-15)30-46(62)59-27-21-24-41(59)50(68-16)37(8)42(60)28-36(7)49(63)38-22-19-18-20-23-38)57(13)52(65)39(33(2)3)29-43(61)47(34(4)5)58(14)53(66)69-32-54(9,10)71-70-45-25-26-55-31-40(45)51(64)56(11)12/h18-20,22-23,25-26,31,33-37,39,41,44,47-50,63H,17,21,24,27-30,32H2,1-16H3/t35-,36-,37-,39-,41-,44+,47-,48-,49+,50+/m0/s1. The molecule has 1 aromatic heterocycles. The maximum absolute atomic E-state index is 14.8. The molecule has 0 aliphatic carbocycles. The van der Waals surface area contributed by atoms with E-state index in [2.05, 4.69) is 4.98 Å². The number of Topliss-reactive ketones (excluding diaryl/α,β-unsaturated/α-hetero) is 2. The van der Waals surface area contributed by atoms with E-state index in [1.54, 1.807) is 64.5 Å². The van der Waals surface area contributed by atoms with Gasteiger partial charge in [-0.15, -0.1) is 0 Å². The Morgan fingerprint density at radius 3 is 2.06 bits per heavy atom. The zero-order valence-electron chi connectivity index (χ0n) is 45.4. The van der Waals surface area contributed by atoms with Crippen molar-refractivity contribution in [2.75, 3.05) is 55.6 Å². The summed E-state index contributed by atoms with van der Waals surface area (Å²) in [5, 5.41) is 11.0. The van der Waals surface area contributed by atoms with E-state index in [0.29, 0.717) is 24.9 Å². The van der Waals surface area contributed by atoms with Crippen LogP contribution in [0.2, 0.25) is 0 Å². The first kappa shape index (κ1) is 61.3. The first-order valence-corrected chi connectivity index (χ1v) is 27.3. The number of hydrogen-bond acceptors (Lipinski definition) is 13. The molecule has 1 N–H and O–H groups in total. The fourth-order valence-corrected chi connectivity index (χ4v) is 12.0. The molecular formula is C54H85N5O10S2. The Hall–Kier alpha value is -4.03. The molecule has 2 aromatic rings. The molecule has 1 saturated heterocycles. The molecule has 1 aliphatic rings. The molecule has 71 heavy (non-hydrogen) atoms. The van der Waals surface area contributed by atoms with Gasteiger partial charge in [-0.2, -0.15) is 0 Å². The quantitative estimate of drug-likeness (QED) is 0.0801. The number of methoxy groups -OCH3 is 2. The summed E-state index contributed by atoms with van der Waals surface area (Å²) < 4.78 is 17.3. The van der Waals surface area contributed by atoms with Gasteiger partial charge in [-0.1, -0.05) is 114 Å². The monoisotopic (exact) mass is 1030 g/mol. The summed E-state index contributed by atoms with van der Waals surface area (Å²) >= 11 is 0. The number of amides is 4. The van der Waals surface area contributed by atoms with Gasteiger partial charge in [0.05, 0.1) is 53.2 Å². The van der Waals surface area contributed by atoms with Crippen molar-refractivity contribution in [2.45, 2.75) is 154 Å². The van der Waals surface area contributed by atoms with Gasteiger partial charge in [-0.3, -0.25) is 29.0 Å². The normalized spacial score (nSPS) is 17.9. The Labute approximate surface area is 432 Å². The van der Waals surface area contributed by atoms with Crippen LogP contribution in [0.1, 0.15) is 130 Å². The van der Waals surface area contributed by atoms with Crippen LogP contribution in [0.3, 0.4) is 0 Å². The number of rotatable bonds is 28. The number of likely N-dealkylation sites (N-methyl/N-ethyl adjacent to an activating group) is 2. The van der Waals surface area contributed by atoms with Crippen LogP contribution < -0.4 is 0 Å². The Bertz CT molecular complexity index is 2060. The minimum absolute atomic E-state index is 0.0127. The molecule has 3 rings (SSSR count). The van der Waals surface area contributed by atoms with Crippen molar-refractivity contribution in [3.8, 4) is 0 Å². The van der Waals surface area contributed by atoms with E-state index in [1.165, 1.54) is 37.6 Å². The molecule has 10 atom stereocenters. The summed E-state index contributed by atoms with van der Waals surface area (Å²) in [6, 6.07) is 9.33. The van der Waals surface area contributed by atoms with Gasteiger partial charge in [0.2, 0.25) is 11.8 Å². The Balaban J connectivity index is 1.73. The third-order valence-electron chi connectivity index (χ3n) is 14.1. The molecule has 17 heteroatoms. The molecule has 398 valence electrons. The summed E-state index contributed by atoms with van der Waals surface area (Å²) in [6.45, 7) is 19.7. The van der Waals surface area contributed by atoms with E-state index in [4.69, 9.17) is 14.2 Å². The largest absolute Gasteiger partial charge is 0.448 e. The van der Waals surface area contributed by atoms with E-state index < -0.39 is 53.1 Å². The number of aliphatic hydroxyl groups excluding tert-OH is 1. The number of carbonyl (C=O) groups excluding carboxylic acids is 6. The molecule has 0 radical (unpaired) electrons. The SMILES string of the molecule is CC[C@H](C)[C@@H]([C@@H](CC(=O)N1CCC[C@H]1[C@H](OC)[C@@H](C)C(=O)C[C@H](C)[C@@H](O)c1ccccc1)OC)N(C)C(=O)[C@@H](CC(=O)[C@H](C(C)C)N(C)C(=O)OCC(C)(C)SSc1ccncc1C(=O)N(C)C)C(C)C. The molecule has 1 fully saturated rings. The van der Waals surface area contributed by atoms with Crippen molar-refractivity contribution in [3.05, 3.63) is 59.9 Å². The number of aliphatic hydroxyl groups is 1. The Morgan fingerprint density at radius 2 is 1.49 bits per heavy atom. The molecule has 1 aromatic carbocycles. The van der Waals surface area contributed by atoms with Crippen LogP contribution in [0.15, 0.2) is 53.7 Å². The number of benzene rings is 1.